The maximum Gasteiger partial charge on any atom is 0.258 e. The summed E-state index contributed by atoms with van der Waals surface area (Å²) in [6.45, 7) is 1.77. The zero-order valence-electron chi connectivity index (χ0n) is 13.6. The molecule has 26 heavy (non-hydrogen) atoms. The smallest absolute Gasteiger partial charge is 0.258 e. The quantitative estimate of drug-likeness (QED) is 0.694. The molecule has 1 aromatic carbocycles. The van der Waals surface area contributed by atoms with E-state index in [-0.39, 0.29) is 11.3 Å². The van der Waals surface area contributed by atoms with Gasteiger partial charge >= 0.3 is 0 Å². The summed E-state index contributed by atoms with van der Waals surface area (Å²) in [5, 5.41) is 4.77. The van der Waals surface area contributed by atoms with Crippen molar-refractivity contribution in [3.05, 3.63) is 62.5 Å². The van der Waals surface area contributed by atoms with E-state index in [0.29, 0.717) is 15.7 Å². The fourth-order valence-electron chi connectivity index (χ4n) is 2.38. The van der Waals surface area contributed by atoms with E-state index in [4.69, 9.17) is 11.6 Å². The third-order valence-corrected chi connectivity index (χ3v) is 6.11. The lowest BCUT2D eigenvalue weighted by atomic mass is 10.3. The first-order valence-electron chi connectivity index (χ1n) is 7.46. The number of nitrogens with zero attached hydrogens (tertiary/aromatic N) is 2. The second-order valence-electron chi connectivity index (χ2n) is 5.67. The minimum Gasteiger partial charge on any atom is -0.325 e. The minimum atomic E-state index is -3.78. The number of nitrogens with one attached hydrogen (secondary N) is 1. The highest BCUT2D eigenvalue weighted by atomic mass is 35.5. The fourth-order valence-corrected chi connectivity index (χ4v) is 4.57. The van der Waals surface area contributed by atoms with Crippen LogP contribution in [0.4, 0.5) is 5.69 Å². The van der Waals surface area contributed by atoms with E-state index in [1.54, 1.807) is 36.6 Å². The molecule has 0 atom stereocenters. The van der Waals surface area contributed by atoms with Crippen molar-refractivity contribution in [3.8, 4) is 0 Å². The molecule has 1 N–H and O–H groups in total. The average molecular weight is 412 g/mol. The Balaban J connectivity index is 1.73. The average Bonchev–Trinajstić information content (AvgIpc) is 2.90. The van der Waals surface area contributed by atoms with E-state index in [2.05, 4.69) is 10.3 Å². The van der Waals surface area contributed by atoms with Crippen LogP contribution in [-0.2, 0) is 20.4 Å². The van der Waals surface area contributed by atoms with Crippen LogP contribution in [0, 0.1) is 6.92 Å². The summed E-state index contributed by atoms with van der Waals surface area (Å²) in [6, 6.07) is 7.49. The Bertz CT molecular complexity index is 1130. The van der Waals surface area contributed by atoms with Gasteiger partial charge in [-0.15, -0.1) is 11.3 Å². The second kappa shape index (κ2) is 7.18. The molecule has 0 saturated carbocycles. The van der Waals surface area contributed by atoms with E-state index in [1.807, 2.05) is 0 Å². The molecule has 0 fully saturated rings. The van der Waals surface area contributed by atoms with Crippen molar-refractivity contribution in [3.63, 3.8) is 0 Å². The predicted octanol–water partition coefficient (Wildman–Crippen LogP) is 2.27. The van der Waals surface area contributed by atoms with Gasteiger partial charge in [0.05, 0.1) is 11.4 Å². The van der Waals surface area contributed by atoms with Crippen molar-refractivity contribution in [2.75, 3.05) is 11.1 Å². The number of benzene rings is 1. The molecular formula is C16H14ClN3O4S2. The Morgan fingerprint density at radius 3 is 2.69 bits per heavy atom. The molecule has 3 aromatic rings. The topological polar surface area (TPSA) is 97.6 Å². The van der Waals surface area contributed by atoms with E-state index in [9.17, 15) is 18.0 Å². The molecule has 136 valence electrons. The lowest BCUT2D eigenvalue weighted by molar-refractivity contribution is -0.113. The Kier molecular flexibility index (Phi) is 5.12. The maximum absolute atomic E-state index is 12.3. The van der Waals surface area contributed by atoms with Crippen LogP contribution in [0.15, 0.2) is 40.5 Å². The monoisotopic (exact) mass is 411 g/mol. The van der Waals surface area contributed by atoms with Gasteiger partial charge in [0.25, 0.3) is 5.56 Å². The molecule has 0 unspecified atom stereocenters. The zero-order chi connectivity index (χ0) is 18.9. The summed E-state index contributed by atoms with van der Waals surface area (Å²) in [6.07, 6.45) is 0. The molecule has 0 aliphatic rings. The molecular weight excluding hydrogens is 398 g/mol. The number of hydrogen-bond donors (Lipinski definition) is 1. The van der Waals surface area contributed by atoms with E-state index in [0.717, 1.165) is 5.69 Å². The third kappa shape index (κ3) is 4.29. The van der Waals surface area contributed by atoms with Crippen LogP contribution in [-0.4, -0.2) is 29.5 Å². The molecule has 0 radical (unpaired) electrons. The van der Waals surface area contributed by atoms with Crippen molar-refractivity contribution in [2.24, 2.45) is 0 Å². The number of rotatable bonds is 5. The summed E-state index contributed by atoms with van der Waals surface area (Å²) in [5.74, 6) is -1.86. The molecule has 10 heteroatoms. The van der Waals surface area contributed by atoms with Crippen molar-refractivity contribution in [2.45, 2.75) is 12.7 Å². The summed E-state index contributed by atoms with van der Waals surface area (Å²) in [4.78, 5) is 28.7. The highest BCUT2D eigenvalue weighted by molar-refractivity contribution is 7.91. The summed E-state index contributed by atoms with van der Waals surface area (Å²) in [5.41, 5.74) is 0.960. The Labute approximate surface area is 158 Å². The molecule has 3 rings (SSSR count). The Hall–Kier alpha value is -2.23. The molecule has 0 aliphatic carbocycles. The summed E-state index contributed by atoms with van der Waals surface area (Å²) >= 11 is 7.01. The SMILES string of the molecule is Cc1csc2nc(CS(=O)(=O)CC(=O)Nc3ccc(Cl)cc3)cc(=O)n12. The lowest BCUT2D eigenvalue weighted by Gasteiger charge is -2.07. The van der Waals surface area contributed by atoms with Crippen LogP contribution in [0.3, 0.4) is 0 Å². The van der Waals surface area contributed by atoms with Crippen molar-refractivity contribution >= 4 is 49.3 Å². The second-order valence-corrected chi connectivity index (χ2v) is 9.01. The van der Waals surface area contributed by atoms with Gasteiger partial charge in [0.15, 0.2) is 14.8 Å². The highest BCUT2D eigenvalue weighted by Crippen LogP contribution is 2.15. The molecule has 0 spiro atoms. The number of aromatic nitrogens is 2. The van der Waals surface area contributed by atoms with Crippen LogP contribution in [0.2, 0.25) is 5.02 Å². The maximum atomic E-state index is 12.3. The normalized spacial score (nSPS) is 11.6. The van der Waals surface area contributed by atoms with Crippen LogP contribution in [0.1, 0.15) is 11.4 Å². The van der Waals surface area contributed by atoms with Crippen molar-refractivity contribution in [1.82, 2.24) is 9.38 Å². The lowest BCUT2D eigenvalue weighted by Crippen LogP contribution is -2.25. The third-order valence-electron chi connectivity index (χ3n) is 3.48. The van der Waals surface area contributed by atoms with Gasteiger partial charge in [-0.05, 0) is 31.2 Å². The zero-order valence-corrected chi connectivity index (χ0v) is 16.0. The van der Waals surface area contributed by atoms with Crippen LogP contribution < -0.4 is 10.9 Å². The van der Waals surface area contributed by atoms with Crippen molar-refractivity contribution in [1.29, 1.82) is 0 Å². The summed E-state index contributed by atoms with van der Waals surface area (Å²) in [7, 11) is -3.78. The number of sulfone groups is 1. The highest BCUT2D eigenvalue weighted by Gasteiger charge is 2.19. The van der Waals surface area contributed by atoms with E-state index >= 15 is 0 Å². The number of hydrogen-bond acceptors (Lipinski definition) is 6. The first-order valence-corrected chi connectivity index (χ1v) is 10.5. The molecule has 0 bridgehead atoms. The van der Waals surface area contributed by atoms with Gasteiger partial charge in [0.2, 0.25) is 5.91 Å². The van der Waals surface area contributed by atoms with Gasteiger partial charge in [-0.25, -0.2) is 13.4 Å². The molecule has 7 nitrogen and oxygen atoms in total. The molecule has 0 aliphatic heterocycles. The molecule has 2 heterocycles. The van der Waals surface area contributed by atoms with Crippen LogP contribution >= 0.6 is 22.9 Å². The number of amides is 1. The number of halogens is 1. The van der Waals surface area contributed by atoms with Gasteiger partial charge in [-0.3, -0.25) is 14.0 Å². The number of carbonyl (C=O) groups excluding carboxylic acids is 1. The number of carbonyl (C=O) groups is 1. The van der Waals surface area contributed by atoms with Crippen LogP contribution in [0.5, 0.6) is 0 Å². The Morgan fingerprint density at radius 2 is 2.00 bits per heavy atom. The predicted molar refractivity (Wildman–Crippen MR) is 102 cm³/mol. The van der Waals surface area contributed by atoms with Gasteiger partial charge < -0.3 is 5.32 Å². The minimum absolute atomic E-state index is 0.121. The standard InChI is InChI=1S/C16H14ClN3O4S2/c1-10-7-25-16-19-13(6-15(22)20(10)16)8-26(23,24)9-14(21)18-12-4-2-11(17)3-5-12/h2-7H,8-9H2,1H3,(H,18,21). The number of thiazole rings is 1. The molecule has 2 aromatic heterocycles. The first kappa shape index (κ1) is 18.6. The largest absolute Gasteiger partial charge is 0.325 e. The Morgan fingerprint density at radius 1 is 1.31 bits per heavy atom. The molecule has 1 amide bonds. The van der Waals surface area contributed by atoms with E-state index < -0.39 is 27.3 Å². The van der Waals surface area contributed by atoms with Gasteiger partial charge in [0.1, 0.15) is 5.75 Å². The number of anilines is 1. The van der Waals surface area contributed by atoms with Gasteiger partial charge in [-0.2, -0.15) is 0 Å². The fraction of sp³-hybridized carbons (Fsp3) is 0.188. The van der Waals surface area contributed by atoms with Gasteiger partial charge in [0, 0.05) is 27.9 Å². The molecule has 0 saturated heterocycles. The van der Waals surface area contributed by atoms with E-state index in [1.165, 1.54) is 21.8 Å². The van der Waals surface area contributed by atoms with Crippen molar-refractivity contribution < 1.29 is 13.2 Å². The van der Waals surface area contributed by atoms with Crippen LogP contribution in [0.25, 0.3) is 4.96 Å². The number of aryl methyl sites for hydroxylation is 1. The summed E-state index contributed by atoms with van der Waals surface area (Å²) < 4.78 is 26.0. The number of fused-ring (bicyclic) bond motifs is 1. The van der Waals surface area contributed by atoms with Gasteiger partial charge in [-0.1, -0.05) is 11.6 Å². The first-order chi connectivity index (χ1) is 12.2.